The summed E-state index contributed by atoms with van der Waals surface area (Å²) in [4.78, 5) is 0. The quantitative estimate of drug-likeness (QED) is 0.175. The summed E-state index contributed by atoms with van der Waals surface area (Å²) in [6, 6.07) is 56.3. The van der Waals surface area contributed by atoms with Crippen LogP contribution in [0.3, 0.4) is 0 Å². The highest BCUT2D eigenvalue weighted by atomic mass is 14.2. The second-order valence-corrected chi connectivity index (χ2v) is 12.9. The van der Waals surface area contributed by atoms with Crippen LogP contribution in [0.1, 0.15) is 16.7 Å². The van der Waals surface area contributed by atoms with Gasteiger partial charge in [0.15, 0.2) is 0 Å². The first-order valence-electron chi connectivity index (χ1n) is 16.5. The van der Waals surface area contributed by atoms with Crippen molar-refractivity contribution >= 4 is 76.3 Å². The van der Waals surface area contributed by atoms with Gasteiger partial charge < -0.3 is 0 Å². The molecule has 0 spiro atoms. The van der Waals surface area contributed by atoms with Gasteiger partial charge in [0, 0.05) is 0 Å². The fourth-order valence-corrected chi connectivity index (χ4v) is 7.81. The topological polar surface area (TPSA) is 0 Å². The second-order valence-electron chi connectivity index (χ2n) is 12.9. The van der Waals surface area contributed by atoms with Crippen LogP contribution in [0, 0.1) is 0 Å². The SMILES string of the molecule is C1=Cc2c(ccc3cc(-c4ccc5ccc6c(ccc7c8ccccc8ccc76)c5c4)ccc23)CC=C1c1ccc2ccccc2c1. The number of hydrogen-bond donors (Lipinski definition) is 0. The Morgan fingerprint density at radius 3 is 1.74 bits per heavy atom. The zero-order valence-electron chi connectivity index (χ0n) is 25.9. The van der Waals surface area contributed by atoms with E-state index in [1.165, 1.54) is 98.0 Å². The van der Waals surface area contributed by atoms with Gasteiger partial charge in [-0.3, -0.25) is 0 Å². The van der Waals surface area contributed by atoms with E-state index in [0.717, 1.165) is 6.42 Å². The van der Waals surface area contributed by atoms with E-state index in [9.17, 15) is 0 Å². The Labute approximate surface area is 273 Å². The van der Waals surface area contributed by atoms with E-state index in [2.05, 4.69) is 170 Å². The lowest BCUT2D eigenvalue weighted by Crippen LogP contribution is -1.89. The van der Waals surface area contributed by atoms with Crippen molar-refractivity contribution < 1.29 is 0 Å². The van der Waals surface area contributed by atoms with Crippen molar-refractivity contribution in [3.63, 3.8) is 0 Å². The summed E-state index contributed by atoms with van der Waals surface area (Å²) in [6.07, 6.45) is 7.91. The van der Waals surface area contributed by atoms with Crippen molar-refractivity contribution in [2.24, 2.45) is 0 Å². The highest BCUT2D eigenvalue weighted by molar-refractivity contribution is 6.22. The van der Waals surface area contributed by atoms with E-state index < -0.39 is 0 Å². The minimum atomic E-state index is 0.921. The van der Waals surface area contributed by atoms with Crippen LogP contribution in [-0.4, -0.2) is 0 Å². The fourth-order valence-electron chi connectivity index (χ4n) is 7.81. The Bertz CT molecular complexity index is 2810. The molecule has 0 heteroatoms. The summed E-state index contributed by atoms with van der Waals surface area (Å²) in [5, 5.41) is 15.5. The molecule has 0 atom stereocenters. The Hall–Kier alpha value is -5.98. The molecule has 0 amide bonds. The van der Waals surface area contributed by atoms with Crippen molar-refractivity contribution in [1.29, 1.82) is 0 Å². The van der Waals surface area contributed by atoms with E-state index in [1.807, 2.05) is 0 Å². The molecule has 0 bridgehead atoms. The zero-order valence-corrected chi connectivity index (χ0v) is 25.9. The number of rotatable bonds is 2. The Morgan fingerprint density at radius 1 is 0.319 bits per heavy atom. The largest absolute Gasteiger partial charge is 0.0722 e. The lowest BCUT2D eigenvalue weighted by Gasteiger charge is -2.12. The Kier molecular flexibility index (Phi) is 5.74. The first-order valence-corrected chi connectivity index (χ1v) is 16.5. The van der Waals surface area contributed by atoms with Gasteiger partial charge in [0.25, 0.3) is 0 Å². The van der Waals surface area contributed by atoms with Gasteiger partial charge >= 0.3 is 0 Å². The first-order chi connectivity index (χ1) is 23.3. The van der Waals surface area contributed by atoms with Gasteiger partial charge in [-0.2, -0.15) is 0 Å². The van der Waals surface area contributed by atoms with Crippen molar-refractivity contribution in [2.45, 2.75) is 6.42 Å². The maximum atomic E-state index is 2.38. The van der Waals surface area contributed by atoms with E-state index in [4.69, 9.17) is 0 Å². The highest BCUT2D eigenvalue weighted by Crippen LogP contribution is 2.38. The third-order valence-corrected chi connectivity index (χ3v) is 10.3. The monoisotopic (exact) mass is 594 g/mol. The summed E-state index contributed by atoms with van der Waals surface area (Å²) in [6.45, 7) is 0. The fraction of sp³-hybridized carbons (Fsp3) is 0.0213. The third kappa shape index (κ3) is 4.22. The lowest BCUT2D eigenvalue weighted by atomic mass is 9.91. The second kappa shape index (κ2) is 10.3. The minimum Gasteiger partial charge on any atom is -0.0722 e. The van der Waals surface area contributed by atoms with Crippen molar-refractivity contribution in [3.8, 4) is 11.1 Å². The molecular formula is C47H30. The zero-order chi connectivity index (χ0) is 30.9. The number of allylic oxidation sites excluding steroid dienone is 3. The summed E-state index contributed by atoms with van der Waals surface area (Å²) in [5.74, 6) is 0. The van der Waals surface area contributed by atoms with Crippen LogP contribution >= 0.6 is 0 Å². The van der Waals surface area contributed by atoms with Crippen molar-refractivity contribution in [2.75, 3.05) is 0 Å². The first kappa shape index (κ1) is 26.3. The molecule has 0 fully saturated rings. The third-order valence-electron chi connectivity index (χ3n) is 10.3. The van der Waals surface area contributed by atoms with Gasteiger partial charge in [0.2, 0.25) is 0 Å². The lowest BCUT2D eigenvalue weighted by molar-refractivity contribution is 1.28. The van der Waals surface area contributed by atoms with Crippen LogP contribution in [-0.2, 0) is 6.42 Å². The normalized spacial score (nSPS) is 13.1. The molecule has 10 rings (SSSR count). The molecule has 9 aromatic carbocycles. The summed E-state index contributed by atoms with van der Waals surface area (Å²) < 4.78 is 0. The minimum absolute atomic E-state index is 0.921. The Balaban J connectivity index is 1.05. The molecule has 0 saturated carbocycles. The molecule has 0 saturated heterocycles. The predicted octanol–water partition coefficient (Wildman–Crippen LogP) is 12.9. The van der Waals surface area contributed by atoms with Crippen LogP contribution in [0.4, 0.5) is 0 Å². The number of benzene rings is 9. The molecule has 0 nitrogen and oxygen atoms in total. The maximum Gasteiger partial charge on any atom is -0.00821 e. The summed E-state index contributed by atoms with van der Waals surface area (Å²) in [5.41, 5.74) is 7.73. The Morgan fingerprint density at radius 2 is 0.872 bits per heavy atom. The van der Waals surface area contributed by atoms with E-state index in [0.29, 0.717) is 0 Å². The summed E-state index contributed by atoms with van der Waals surface area (Å²) in [7, 11) is 0. The van der Waals surface area contributed by atoms with Gasteiger partial charge in [-0.25, -0.2) is 0 Å². The maximum absolute atomic E-state index is 2.38. The average Bonchev–Trinajstić information content (AvgIpc) is 3.37. The summed E-state index contributed by atoms with van der Waals surface area (Å²) >= 11 is 0. The molecule has 0 heterocycles. The van der Waals surface area contributed by atoms with Crippen LogP contribution in [0.5, 0.6) is 0 Å². The van der Waals surface area contributed by atoms with Crippen molar-refractivity contribution in [3.05, 3.63) is 181 Å². The molecule has 218 valence electrons. The van der Waals surface area contributed by atoms with Crippen molar-refractivity contribution in [1.82, 2.24) is 0 Å². The predicted molar refractivity (Wildman–Crippen MR) is 204 cm³/mol. The molecule has 1 aliphatic carbocycles. The molecule has 0 aromatic heterocycles. The average molecular weight is 595 g/mol. The van der Waals surface area contributed by atoms with E-state index in [-0.39, 0.29) is 0 Å². The molecular weight excluding hydrogens is 565 g/mol. The molecule has 47 heavy (non-hydrogen) atoms. The standard InChI is InChI=1S/C47H30/c1-2-7-35-27-36(14-10-30(35)5-1)31-9-11-33-13-16-39-28-37(20-22-42(39)41(33)21-17-31)38-15-12-34-19-24-45-44-23-18-32-6-3-4-8-40(32)43(44)25-26-46(45)47(34)29-38/h1-10,12-29H,11H2. The molecule has 0 aliphatic heterocycles. The number of fused-ring (bicyclic) bond motifs is 11. The van der Waals surface area contributed by atoms with Gasteiger partial charge in [-0.05, 0) is 123 Å². The van der Waals surface area contributed by atoms with Crippen LogP contribution in [0.15, 0.2) is 164 Å². The van der Waals surface area contributed by atoms with Crippen LogP contribution in [0.2, 0.25) is 0 Å². The van der Waals surface area contributed by atoms with Gasteiger partial charge in [-0.15, -0.1) is 0 Å². The van der Waals surface area contributed by atoms with Gasteiger partial charge in [0.1, 0.15) is 0 Å². The van der Waals surface area contributed by atoms with E-state index >= 15 is 0 Å². The molecule has 0 radical (unpaired) electrons. The smallest absolute Gasteiger partial charge is 0.00821 e. The molecule has 1 aliphatic rings. The molecule has 0 N–H and O–H groups in total. The van der Waals surface area contributed by atoms with E-state index in [1.54, 1.807) is 0 Å². The molecule has 0 unspecified atom stereocenters. The molecule has 9 aromatic rings. The van der Waals surface area contributed by atoms with Gasteiger partial charge in [0.05, 0.1) is 0 Å². The van der Waals surface area contributed by atoms with Crippen LogP contribution in [0.25, 0.3) is 87.4 Å². The highest BCUT2D eigenvalue weighted by Gasteiger charge is 2.12. The number of hydrogen-bond acceptors (Lipinski definition) is 0. The van der Waals surface area contributed by atoms with Gasteiger partial charge in [-0.1, -0.05) is 152 Å². The van der Waals surface area contributed by atoms with Crippen LogP contribution < -0.4 is 0 Å².